The number of anilines is 2. The Morgan fingerprint density at radius 2 is 1.85 bits per heavy atom. The quantitative estimate of drug-likeness (QED) is 0.785. The molecule has 0 bridgehead atoms. The molecule has 1 aliphatic rings. The second kappa shape index (κ2) is 8.14. The summed E-state index contributed by atoms with van der Waals surface area (Å²) in [7, 11) is -1.56. The van der Waals surface area contributed by atoms with E-state index in [1.54, 1.807) is 17.0 Å². The molecular weight excluding hydrogens is 416 g/mol. The fourth-order valence-electron chi connectivity index (χ4n) is 3.08. The van der Waals surface area contributed by atoms with E-state index in [9.17, 15) is 13.8 Å². The predicted octanol–water partition coefficient (Wildman–Crippen LogP) is 3.11. The molecule has 2 unspecified atom stereocenters. The van der Waals surface area contributed by atoms with Gasteiger partial charge in [-0.25, -0.2) is 0 Å². The van der Waals surface area contributed by atoms with E-state index >= 15 is 0 Å². The van der Waals surface area contributed by atoms with E-state index in [0.29, 0.717) is 5.69 Å². The summed E-state index contributed by atoms with van der Waals surface area (Å²) < 4.78 is 13.2. The van der Waals surface area contributed by atoms with Gasteiger partial charge in [-0.15, -0.1) is 0 Å². The summed E-state index contributed by atoms with van der Waals surface area (Å²) in [5, 5.41) is 2.69. The van der Waals surface area contributed by atoms with Gasteiger partial charge in [-0.3, -0.25) is 13.8 Å². The van der Waals surface area contributed by atoms with E-state index in [0.717, 1.165) is 22.1 Å². The summed E-state index contributed by atoms with van der Waals surface area (Å²) in [5.41, 5.74) is 2.62. The number of nitrogens with zero attached hydrogens (tertiary/aromatic N) is 1. The molecule has 5 nitrogen and oxygen atoms in total. The Morgan fingerprint density at radius 3 is 2.58 bits per heavy atom. The number of nitrogens with one attached hydrogen (secondary N) is 1. The molecule has 2 atom stereocenters. The first-order chi connectivity index (χ1) is 12.4. The van der Waals surface area contributed by atoms with Crippen LogP contribution in [0.15, 0.2) is 53.0 Å². The molecule has 2 aromatic carbocycles. The lowest BCUT2D eigenvalue weighted by molar-refractivity contribution is -0.116. The van der Waals surface area contributed by atoms with Crippen molar-refractivity contribution in [3.63, 3.8) is 0 Å². The van der Waals surface area contributed by atoms with Gasteiger partial charge in [0.25, 0.3) is 0 Å². The molecule has 0 fully saturated rings. The van der Waals surface area contributed by atoms with Crippen molar-refractivity contribution in [2.45, 2.75) is 19.4 Å². The highest BCUT2D eigenvalue weighted by molar-refractivity contribution is 9.10. The van der Waals surface area contributed by atoms with Gasteiger partial charge in [0.15, 0.2) is 0 Å². The Kier molecular flexibility index (Phi) is 5.88. The van der Waals surface area contributed by atoms with Crippen molar-refractivity contribution in [1.29, 1.82) is 0 Å². The summed E-state index contributed by atoms with van der Waals surface area (Å²) in [6.45, 7) is 1.97. The smallest absolute Gasteiger partial charge is 0.239 e. The second-order valence-electron chi connectivity index (χ2n) is 6.23. The number of hydrogen-bond donors (Lipinski definition) is 1. The average molecular weight is 435 g/mol. The molecule has 26 heavy (non-hydrogen) atoms. The monoisotopic (exact) mass is 434 g/mol. The third-order valence-corrected chi connectivity index (χ3v) is 5.86. The molecule has 2 amide bonds. The molecule has 1 N–H and O–H groups in total. The van der Waals surface area contributed by atoms with Crippen LogP contribution in [0.25, 0.3) is 0 Å². The highest BCUT2D eigenvalue weighted by Gasteiger charge is 2.31. The molecule has 1 aliphatic heterocycles. The molecule has 0 radical (unpaired) electrons. The van der Waals surface area contributed by atoms with Gasteiger partial charge in [-0.05, 0) is 49.2 Å². The zero-order valence-electron chi connectivity index (χ0n) is 14.3. The number of carbonyl (C=O) groups is 2. The van der Waals surface area contributed by atoms with Crippen LogP contribution in [-0.4, -0.2) is 33.6 Å². The summed E-state index contributed by atoms with van der Waals surface area (Å²) in [5.74, 6) is -0.941. The summed E-state index contributed by atoms with van der Waals surface area (Å²) >= 11 is 3.32. The van der Waals surface area contributed by atoms with Gasteiger partial charge in [0, 0.05) is 32.7 Å². The van der Waals surface area contributed by atoms with Crippen LogP contribution in [0.4, 0.5) is 11.4 Å². The third-order valence-electron chi connectivity index (χ3n) is 4.18. The Bertz CT molecular complexity index is 854. The van der Waals surface area contributed by atoms with E-state index in [1.807, 2.05) is 43.3 Å². The van der Waals surface area contributed by atoms with E-state index < -0.39 is 10.8 Å². The molecule has 136 valence electrons. The number of rotatable bonds is 5. The Morgan fingerprint density at radius 1 is 1.15 bits per heavy atom. The van der Waals surface area contributed by atoms with Crippen molar-refractivity contribution in [2.75, 3.05) is 21.7 Å². The first-order valence-corrected chi connectivity index (χ1v) is 10.5. The zero-order valence-corrected chi connectivity index (χ0v) is 16.7. The number of benzene rings is 2. The highest BCUT2D eigenvalue weighted by Crippen LogP contribution is 2.31. The molecule has 0 saturated heterocycles. The lowest BCUT2D eigenvalue weighted by Crippen LogP contribution is -2.39. The number of para-hydroxylation sites is 1. The number of carbonyl (C=O) groups excluding carboxylic acids is 2. The third kappa shape index (κ3) is 4.40. The number of fused-ring (bicyclic) bond motifs is 1. The standard InChI is InChI=1S/C19H19BrN2O3S/c1-13-10-14-4-2-3-5-17(14)22(13)19(24)12-26(25)11-18(23)21-16-8-6-15(20)7-9-16/h2-9,13H,10-12H2,1H3,(H,21,23). The van der Waals surface area contributed by atoms with Gasteiger partial charge in [-0.1, -0.05) is 34.1 Å². The normalized spacial score (nSPS) is 16.8. The van der Waals surface area contributed by atoms with Crippen molar-refractivity contribution in [3.05, 3.63) is 58.6 Å². The van der Waals surface area contributed by atoms with Crippen LogP contribution in [0.3, 0.4) is 0 Å². The highest BCUT2D eigenvalue weighted by atomic mass is 79.9. The molecule has 0 aromatic heterocycles. The fourth-order valence-corrected chi connectivity index (χ4v) is 4.23. The zero-order chi connectivity index (χ0) is 18.7. The van der Waals surface area contributed by atoms with Crippen LogP contribution in [0.2, 0.25) is 0 Å². The van der Waals surface area contributed by atoms with Crippen molar-refractivity contribution in [3.8, 4) is 0 Å². The first-order valence-electron chi connectivity index (χ1n) is 8.24. The van der Waals surface area contributed by atoms with E-state index in [2.05, 4.69) is 21.2 Å². The Labute approximate surface area is 163 Å². The SMILES string of the molecule is CC1Cc2ccccc2N1C(=O)CS(=O)CC(=O)Nc1ccc(Br)cc1. The van der Waals surface area contributed by atoms with Gasteiger partial charge >= 0.3 is 0 Å². The van der Waals surface area contributed by atoms with Gasteiger partial charge in [0.1, 0.15) is 11.5 Å². The summed E-state index contributed by atoms with van der Waals surface area (Å²) in [6.07, 6.45) is 0.790. The number of amides is 2. The van der Waals surface area contributed by atoms with Crippen molar-refractivity contribution >= 4 is 49.9 Å². The maximum Gasteiger partial charge on any atom is 0.239 e. The molecule has 7 heteroatoms. The van der Waals surface area contributed by atoms with Crippen molar-refractivity contribution in [1.82, 2.24) is 0 Å². The minimum absolute atomic E-state index is 0.0356. The molecule has 0 spiro atoms. The average Bonchev–Trinajstić information content (AvgIpc) is 2.92. The Hall–Kier alpha value is -1.99. The maximum absolute atomic E-state index is 12.6. The van der Waals surface area contributed by atoms with Gasteiger partial charge in [-0.2, -0.15) is 0 Å². The van der Waals surface area contributed by atoms with Crippen molar-refractivity contribution < 1.29 is 13.8 Å². The largest absolute Gasteiger partial charge is 0.325 e. The van der Waals surface area contributed by atoms with Crippen LogP contribution in [0.1, 0.15) is 12.5 Å². The van der Waals surface area contributed by atoms with Crippen LogP contribution < -0.4 is 10.2 Å². The van der Waals surface area contributed by atoms with Crippen LogP contribution >= 0.6 is 15.9 Å². The van der Waals surface area contributed by atoms with Crippen LogP contribution in [0, 0.1) is 0 Å². The summed E-state index contributed by atoms with van der Waals surface area (Å²) in [4.78, 5) is 26.3. The van der Waals surface area contributed by atoms with Crippen molar-refractivity contribution in [2.24, 2.45) is 0 Å². The lowest BCUT2D eigenvalue weighted by Gasteiger charge is -2.22. The summed E-state index contributed by atoms with van der Waals surface area (Å²) in [6, 6.07) is 14.9. The van der Waals surface area contributed by atoms with Gasteiger partial charge < -0.3 is 10.2 Å². The molecule has 2 aromatic rings. The van der Waals surface area contributed by atoms with E-state index in [-0.39, 0.29) is 29.4 Å². The molecular formula is C19H19BrN2O3S. The molecule has 0 aliphatic carbocycles. The topological polar surface area (TPSA) is 66.5 Å². The maximum atomic E-state index is 12.6. The number of halogens is 1. The van der Waals surface area contributed by atoms with Crippen LogP contribution in [0.5, 0.6) is 0 Å². The second-order valence-corrected chi connectivity index (χ2v) is 8.60. The molecule has 0 saturated carbocycles. The van der Waals surface area contributed by atoms with E-state index in [1.165, 1.54) is 0 Å². The lowest BCUT2D eigenvalue weighted by atomic mass is 10.1. The van der Waals surface area contributed by atoms with E-state index in [4.69, 9.17) is 0 Å². The molecule has 1 heterocycles. The van der Waals surface area contributed by atoms with Gasteiger partial charge in [0.05, 0.1) is 0 Å². The van der Waals surface area contributed by atoms with Crippen LogP contribution in [-0.2, 0) is 26.8 Å². The first kappa shape index (κ1) is 18.8. The number of hydrogen-bond acceptors (Lipinski definition) is 3. The molecule has 3 rings (SSSR count). The Balaban J connectivity index is 1.57. The fraction of sp³-hybridized carbons (Fsp3) is 0.263. The minimum Gasteiger partial charge on any atom is -0.325 e. The van der Waals surface area contributed by atoms with Gasteiger partial charge in [0.2, 0.25) is 11.8 Å². The predicted molar refractivity (Wildman–Crippen MR) is 108 cm³/mol. The minimum atomic E-state index is -1.56.